The molecule has 18 heavy (non-hydrogen) atoms. The summed E-state index contributed by atoms with van der Waals surface area (Å²) in [6, 6.07) is 13.6. The van der Waals surface area contributed by atoms with E-state index >= 15 is 0 Å². The highest BCUT2D eigenvalue weighted by molar-refractivity contribution is 5.54. The van der Waals surface area contributed by atoms with E-state index in [1.54, 1.807) is 7.11 Å². The summed E-state index contributed by atoms with van der Waals surface area (Å²) in [4.78, 5) is 0. The van der Waals surface area contributed by atoms with Crippen LogP contribution in [0.15, 0.2) is 42.5 Å². The molecule has 0 saturated carbocycles. The predicted molar refractivity (Wildman–Crippen MR) is 72.9 cm³/mol. The number of methoxy groups -OCH3 is 1. The first-order valence-electron chi connectivity index (χ1n) is 5.81. The molecule has 0 heterocycles. The Morgan fingerprint density at radius 3 is 2.39 bits per heavy atom. The van der Waals surface area contributed by atoms with E-state index in [2.05, 4.69) is 0 Å². The molecule has 0 bridgehead atoms. The van der Waals surface area contributed by atoms with Gasteiger partial charge in [-0.25, -0.2) is 0 Å². The molecule has 0 atom stereocenters. The second-order valence-electron chi connectivity index (χ2n) is 4.18. The lowest BCUT2D eigenvalue weighted by atomic mass is 10.2. The van der Waals surface area contributed by atoms with Gasteiger partial charge in [-0.3, -0.25) is 0 Å². The zero-order chi connectivity index (χ0) is 13.0. The van der Waals surface area contributed by atoms with Crippen molar-refractivity contribution in [2.75, 3.05) is 12.8 Å². The van der Waals surface area contributed by atoms with Crippen molar-refractivity contribution < 1.29 is 9.47 Å². The number of aryl methyl sites for hydroxylation is 1. The Kier molecular flexibility index (Phi) is 3.72. The lowest BCUT2D eigenvalue weighted by Crippen LogP contribution is -1.98. The fourth-order valence-corrected chi connectivity index (χ4v) is 1.67. The Morgan fingerprint density at radius 2 is 1.78 bits per heavy atom. The van der Waals surface area contributed by atoms with Gasteiger partial charge in [0, 0.05) is 0 Å². The zero-order valence-corrected chi connectivity index (χ0v) is 10.6. The molecule has 3 heteroatoms. The molecule has 2 aromatic carbocycles. The molecule has 2 rings (SSSR count). The van der Waals surface area contributed by atoms with Gasteiger partial charge in [-0.05, 0) is 36.8 Å². The Bertz CT molecular complexity index is 521. The maximum atomic E-state index is 5.84. The van der Waals surface area contributed by atoms with E-state index in [1.165, 1.54) is 5.56 Å². The van der Waals surface area contributed by atoms with Crippen LogP contribution in [-0.4, -0.2) is 7.11 Å². The molecule has 2 aromatic rings. The van der Waals surface area contributed by atoms with E-state index in [-0.39, 0.29) is 0 Å². The maximum absolute atomic E-state index is 5.84. The van der Waals surface area contributed by atoms with E-state index in [9.17, 15) is 0 Å². The van der Waals surface area contributed by atoms with E-state index in [1.807, 2.05) is 49.4 Å². The van der Waals surface area contributed by atoms with Gasteiger partial charge in [-0.1, -0.05) is 23.8 Å². The minimum absolute atomic E-state index is 0.497. The van der Waals surface area contributed by atoms with Crippen LogP contribution in [0.5, 0.6) is 11.5 Å². The summed E-state index contributed by atoms with van der Waals surface area (Å²) in [5.41, 5.74) is 8.71. The number of hydrogen-bond donors (Lipinski definition) is 1. The number of nitrogen functional groups attached to an aromatic ring is 1. The van der Waals surface area contributed by atoms with Crippen LogP contribution >= 0.6 is 0 Å². The summed E-state index contributed by atoms with van der Waals surface area (Å²) < 4.78 is 10.8. The summed E-state index contributed by atoms with van der Waals surface area (Å²) in [5.74, 6) is 1.55. The number of ether oxygens (including phenoxy) is 2. The van der Waals surface area contributed by atoms with Gasteiger partial charge in [0.25, 0.3) is 0 Å². The molecule has 0 spiro atoms. The average Bonchev–Trinajstić information content (AvgIpc) is 2.38. The predicted octanol–water partition coefficient (Wildman–Crippen LogP) is 3.16. The zero-order valence-electron chi connectivity index (χ0n) is 10.6. The molecule has 0 saturated heterocycles. The normalized spacial score (nSPS) is 10.1. The van der Waals surface area contributed by atoms with Crippen LogP contribution in [0.1, 0.15) is 11.1 Å². The fourth-order valence-electron chi connectivity index (χ4n) is 1.67. The van der Waals surface area contributed by atoms with Gasteiger partial charge in [-0.15, -0.1) is 0 Å². The smallest absolute Gasteiger partial charge is 0.141 e. The van der Waals surface area contributed by atoms with Crippen molar-refractivity contribution in [2.45, 2.75) is 13.5 Å². The minimum atomic E-state index is 0.497. The van der Waals surface area contributed by atoms with Gasteiger partial charge in [0.2, 0.25) is 0 Å². The molecule has 0 amide bonds. The van der Waals surface area contributed by atoms with Crippen LogP contribution in [0.2, 0.25) is 0 Å². The number of rotatable bonds is 4. The van der Waals surface area contributed by atoms with Crippen molar-refractivity contribution in [3.63, 3.8) is 0 Å². The third kappa shape index (κ3) is 2.94. The summed E-state index contributed by atoms with van der Waals surface area (Å²) in [7, 11) is 1.61. The molecule has 2 N–H and O–H groups in total. The molecule has 3 nitrogen and oxygen atoms in total. The highest BCUT2D eigenvalue weighted by Crippen LogP contribution is 2.22. The van der Waals surface area contributed by atoms with Crippen molar-refractivity contribution in [1.29, 1.82) is 0 Å². The molecule has 94 valence electrons. The topological polar surface area (TPSA) is 44.5 Å². The summed E-state index contributed by atoms with van der Waals surface area (Å²) in [6.45, 7) is 2.55. The van der Waals surface area contributed by atoms with Crippen LogP contribution in [-0.2, 0) is 6.61 Å². The first kappa shape index (κ1) is 12.3. The molecule has 0 aliphatic carbocycles. The number of hydrogen-bond acceptors (Lipinski definition) is 3. The van der Waals surface area contributed by atoms with Gasteiger partial charge in [-0.2, -0.15) is 0 Å². The lowest BCUT2D eigenvalue weighted by molar-refractivity contribution is 0.306. The van der Waals surface area contributed by atoms with Crippen molar-refractivity contribution in [3.8, 4) is 11.5 Å². The Hall–Kier alpha value is -2.16. The standard InChI is InChI=1S/C15H17NO2/c1-11-3-6-13(7-4-11)18-10-12-5-8-15(17-2)14(16)9-12/h3-9H,10,16H2,1-2H3. The van der Waals surface area contributed by atoms with Crippen LogP contribution in [0.25, 0.3) is 0 Å². The summed E-state index contributed by atoms with van der Waals surface area (Å²) in [6.07, 6.45) is 0. The third-order valence-corrected chi connectivity index (χ3v) is 2.72. The van der Waals surface area contributed by atoms with Crippen LogP contribution in [0, 0.1) is 6.92 Å². The van der Waals surface area contributed by atoms with E-state index < -0.39 is 0 Å². The summed E-state index contributed by atoms with van der Waals surface area (Å²) in [5, 5.41) is 0. The van der Waals surface area contributed by atoms with Gasteiger partial charge < -0.3 is 15.2 Å². The molecular formula is C15H17NO2. The molecule has 0 radical (unpaired) electrons. The van der Waals surface area contributed by atoms with Gasteiger partial charge in [0.1, 0.15) is 18.1 Å². The SMILES string of the molecule is COc1ccc(COc2ccc(C)cc2)cc1N. The van der Waals surface area contributed by atoms with Gasteiger partial charge in [0.15, 0.2) is 0 Å². The third-order valence-electron chi connectivity index (χ3n) is 2.72. The number of nitrogens with two attached hydrogens (primary N) is 1. The van der Waals surface area contributed by atoms with Crippen molar-refractivity contribution in [3.05, 3.63) is 53.6 Å². The van der Waals surface area contributed by atoms with Gasteiger partial charge in [0.05, 0.1) is 12.8 Å². The first-order valence-corrected chi connectivity index (χ1v) is 5.81. The van der Waals surface area contributed by atoms with E-state index in [0.29, 0.717) is 18.0 Å². The van der Waals surface area contributed by atoms with E-state index in [4.69, 9.17) is 15.2 Å². The Morgan fingerprint density at radius 1 is 1.06 bits per heavy atom. The Labute approximate surface area is 107 Å². The molecule has 0 fully saturated rings. The van der Waals surface area contributed by atoms with Crippen LogP contribution in [0.4, 0.5) is 5.69 Å². The first-order chi connectivity index (χ1) is 8.69. The molecule has 0 aliphatic rings. The Balaban J connectivity index is 2.02. The molecular weight excluding hydrogens is 226 g/mol. The summed E-state index contributed by atoms with van der Waals surface area (Å²) >= 11 is 0. The van der Waals surface area contributed by atoms with Crippen LogP contribution in [0.3, 0.4) is 0 Å². The monoisotopic (exact) mass is 243 g/mol. The van der Waals surface area contributed by atoms with Gasteiger partial charge >= 0.3 is 0 Å². The van der Waals surface area contributed by atoms with Crippen molar-refractivity contribution >= 4 is 5.69 Å². The molecule has 0 aliphatic heterocycles. The second kappa shape index (κ2) is 5.45. The highest BCUT2D eigenvalue weighted by atomic mass is 16.5. The largest absolute Gasteiger partial charge is 0.495 e. The highest BCUT2D eigenvalue weighted by Gasteiger charge is 2.01. The minimum Gasteiger partial charge on any atom is -0.495 e. The van der Waals surface area contributed by atoms with E-state index in [0.717, 1.165) is 11.3 Å². The number of benzene rings is 2. The molecule has 0 unspecified atom stereocenters. The molecule has 0 aromatic heterocycles. The fraction of sp³-hybridized carbons (Fsp3) is 0.200. The lowest BCUT2D eigenvalue weighted by Gasteiger charge is -2.09. The quantitative estimate of drug-likeness (QED) is 0.839. The second-order valence-corrected chi connectivity index (χ2v) is 4.18. The van der Waals surface area contributed by atoms with Crippen LogP contribution < -0.4 is 15.2 Å². The average molecular weight is 243 g/mol. The number of anilines is 1. The van der Waals surface area contributed by atoms with Crippen molar-refractivity contribution in [2.24, 2.45) is 0 Å². The maximum Gasteiger partial charge on any atom is 0.141 e. The van der Waals surface area contributed by atoms with Crippen molar-refractivity contribution in [1.82, 2.24) is 0 Å².